The summed E-state index contributed by atoms with van der Waals surface area (Å²) in [6.45, 7) is 8.93. The van der Waals surface area contributed by atoms with Crippen molar-refractivity contribution in [3.8, 4) is 0 Å². The van der Waals surface area contributed by atoms with Crippen LogP contribution in [0.4, 0.5) is 4.39 Å². The molecule has 1 N–H and O–H groups in total. The number of hydrogen-bond donors (Lipinski definition) is 1. The number of morpholine rings is 1. The minimum Gasteiger partial charge on any atom is -0.481 e. The fraction of sp³-hybridized carbons (Fsp3) is 0.462. The van der Waals surface area contributed by atoms with Gasteiger partial charge in [-0.3, -0.25) is 13.8 Å². The highest BCUT2D eigenvalue weighted by Crippen LogP contribution is 2.32. The van der Waals surface area contributed by atoms with E-state index in [9.17, 15) is 13.4 Å². The average molecular weight is 563 g/mol. The van der Waals surface area contributed by atoms with Crippen molar-refractivity contribution < 1.29 is 28.0 Å². The van der Waals surface area contributed by atoms with Gasteiger partial charge >= 0.3 is 0 Å². The number of nitrogens with zero attached hydrogens (tertiary/aromatic N) is 1. The van der Waals surface area contributed by atoms with Gasteiger partial charge in [-0.25, -0.2) is 4.39 Å². The molecular formula is C26H34Cl2FNO5S. The smallest absolute Gasteiger partial charge is 0.300 e. The summed E-state index contributed by atoms with van der Waals surface area (Å²) in [5.74, 6) is -1.15. The quantitative estimate of drug-likeness (QED) is 0.474. The van der Waals surface area contributed by atoms with Gasteiger partial charge in [-0.05, 0) is 51.5 Å². The van der Waals surface area contributed by atoms with Crippen molar-refractivity contribution in [3.63, 3.8) is 0 Å². The summed E-state index contributed by atoms with van der Waals surface area (Å²) in [5, 5.41) is 8.51. The third-order valence-electron chi connectivity index (χ3n) is 5.07. The minimum atomic E-state index is -1.11. The van der Waals surface area contributed by atoms with E-state index < -0.39 is 28.6 Å². The molecule has 1 fully saturated rings. The summed E-state index contributed by atoms with van der Waals surface area (Å²) in [6, 6.07) is 13.1. The van der Waals surface area contributed by atoms with Crippen molar-refractivity contribution in [1.82, 2.24) is 4.90 Å². The van der Waals surface area contributed by atoms with E-state index in [1.807, 2.05) is 58.0 Å². The van der Waals surface area contributed by atoms with Crippen molar-refractivity contribution in [2.24, 2.45) is 0 Å². The first-order valence-corrected chi connectivity index (χ1v) is 13.5. The van der Waals surface area contributed by atoms with Gasteiger partial charge in [-0.2, -0.15) is 0 Å². The van der Waals surface area contributed by atoms with Gasteiger partial charge in [-0.1, -0.05) is 54.4 Å². The van der Waals surface area contributed by atoms with Crippen molar-refractivity contribution in [3.05, 3.63) is 70.0 Å². The Morgan fingerprint density at radius 3 is 2.22 bits per heavy atom. The molecule has 3 rings (SSSR count). The molecule has 3 unspecified atom stereocenters. The van der Waals surface area contributed by atoms with E-state index in [0.29, 0.717) is 22.8 Å². The van der Waals surface area contributed by atoms with Gasteiger partial charge in [-0.15, -0.1) is 0 Å². The van der Waals surface area contributed by atoms with Crippen LogP contribution in [0.3, 0.4) is 0 Å². The lowest BCUT2D eigenvalue weighted by atomic mass is 10.0. The van der Waals surface area contributed by atoms with Crippen molar-refractivity contribution in [1.29, 1.82) is 0 Å². The van der Waals surface area contributed by atoms with Crippen LogP contribution in [0.15, 0.2) is 48.5 Å². The van der Waals surface area contributed by atoms with Crippen molar-refractivity contribution in [2.45, 2.75) is 57.9 Å². The van der Waals surface area contributed by atoms with Gasteiger partial charge in [0.05, 0.1) is 12.6 Å². The zero-order chi connectivity index (χ0) is 27.5. The summed E-state index contributed by atoms with van der Waals surface area (Å²) in [6.07, 6.45) is 0.638. The fourth-order valence-electron chi connectivity index (χ4n) is 3.29. The van der Waals surface area contributed by atoms with Crippen LogP contribution in [0.5, 0.6) is 0 Å². The van der Waals surface area contributed by atoms with Crippen LogP contribution in [-0.2, 0) is 25.1 Å². The van der Waals surface area contributed by atoms with E-state index >= 15 is 0 Å². The number of rotatable bonds is 5. The second-order valence-electron chi connectivity index (χ2n) is 9.00. The number of carboxylic acid groups (broad SMARTS) is 1. The maximum Gasteiger partial charge on any atom is 0.300 e. The molecule has 0 aromatic heterocycles. The van der Waals surface area contributed by atoms with Crippen molar-refractivity contribution >= 4 is 45.9 Å². The molecule has 0 saturated carbocycles. The lowest BCUT2D eigenvalue weighted by Crippen LogP contribution is -2.52. The van der Waals surface area contributed by atoms with Crippen LogP contribution in [0.1, 0.15) is 52.6 Å². The number of ether oxygens (including phenoxy) is 1. The van der Waals surface area contributed by atoms with Crippen LogP contribution in [0, 0.1) is 5.82 Å². The molecule has 0 spiro atoms. The molecule has 0 aliphatic carbocycles. The van der Waals surface area contributed by atoms with E-state index in [1.165, 1.54) is 6.07 Å². The summed E-state index contributed by atoms with van der Waals surface area (Å²) < 4.78 is 32.0. The molecule has 1 amide bonds. The average Bonchev–Trinajstić information content (AvgIpc) is 2.77. The van der Waals surface area contributed by atoms with Crippen LogP contribution in [0.25, 0.3) is 0 Å². The largest absolute Gasteiger partial charge is 0.481 e. The Labute approximate surface area is 225 Å². The van der Waals surface area contributed by atoms with Gasteiger partial charge in [0.25, 0.3) is 5.97 Å². The number of carbonyl (C=O) groups excluding carboxylic acids is 1. The number of halogens is 3. The third-order valence-corrected chi connectivity index (χ3v) is 7.61. The van der Waals surface area contributed by atoms with Crippen molar-refractivity contribution in [2.75, 3.05) is 19.0 Å². The highest BCUT2D eigenvalue weighted by molar-refractivity contribution is 7.86. The first kappa shape index (κ1) is 32.0. The third kappa shape index (κ3) is 10.9. The highest BCUT2D eigenvalue weighted by Gasteiger charge is 2.37. The van der Waals surface area contributed by atoms with Gasteiger partial charge < -0.3 is 14.7 Å². The molecule has 6 nitrogen and oxygen atoms in total. The maximum atomic E-state index is 14.4. The van der Waals surface area contributed by atoms with Crippen LogP contribution < -0.4 is 0 Å². The number of amides is 1. The molecule has 3 atom stereocenters. The lowest BCUT2D eigenvalue weighted by molar-refractivity contribution is -0.151. The molecule has 10 heteroatoms. The fourth-order valence-corrected chi connectivity index (χ4v) is 4.84. The predicted octanol–water partition coefficient (Wildman–Crippen LogP) is 6.14. The second kappa shape index (κ2) is 15.3. The molecular weight excluding hydrogens is 528 g/mol. The topological polar surface area (TPSA) is 83.9 Å². The number of carbonyl (C=O) groups is 2. The monoisotopic (exact) mass is 561 g/mol. The Bertz CT molecular complexity index is 1010. The van der Waals surface area contributed by atoms with Crippen LogP contribution in [-0.4, -0.2) is 55.8 Å². The molecule has 0 radical (unpaired) electrons. The normalized spacial score (nSPS) is 17.2. The Balaban J connectivity index is 0.000000486. The Morgan fingerprint density at radius 1 is 1.19 bits per heavy atom. The van der Waals surface area contributed by atoms with Gasteiger partial charge in [0.2, 0.25) is 5.91 Å². The first-order valence-electron chi connectivity index (χ1n) is 11.4. The van der Waals surface area contributed by atoms with Crippen LogP contribution >= 0.6 is 23.2 Å². The van der Waals surface area contributed by atoms with Gasteiger partial charge in [0, 0.05) is 49.9 Å². The van der Waals surface area contributed by atoms with E-state index in [0.717, 1.165) is 11.9 Å². The van der Waals surface area contributed by atoms with E-state index in [-0.39, 0.29) is 29.9 Å². The molecule has 200 valence electrons. The molecule has 36 heavy (non-hydrogen) atoms. The molecule has 1 aliphatic heterocycles. The van der Waals surface area contributed by atoms with E-state index in [1.54, 1.807) is 17.0 Å². The Morgan fingerprint density at radius 2 is 1.78 bits per heavy atom. The highest BCUT2D eigenvalue weighted by atomic mass is 35.5. The number of hydrogen-bond acceptors (Lipinski definition) is 4. The summed E-state index contributed by atoms with van der Waals surface area (Å²) in [4.78, 5) is 23.2. The molecule has 0 bridgehead atoms. The molecule has 2 aromatic rings. The number of benzene rings is 2. The van der Waals surface area contributed by atoms with Crippen LogP contribution in [0.2, 0.25) is 10.0 Å². The first-order chi connectivity index (χ1) is 16.8. The zero-order valence-corrected chi connectivity index (χ0v) is 23.5. The lowest BCUT2D eigenvalue weighted by Gasteiger charge is -2.41. The summed E-state index contributed by atoms with van der Waals surface area (Å²) in [7, 11) is -1.11. The number of aliphatic carboxylic acids is 1. The van der Waals surface area contributed by atoms with E-state index in [2.05, 4.69) is 0 Å². The standard InChI is InChI=1S/C18H25ClFNO3S.C6H5Cl.C2H4O2/c1-5-13(11-25(23)18(2,3)4)21-16(9-24-10-17(21)22)14-7-6-12(19)8-15(14)20;7-6-4-2-1-3-5-6;1-2(3)4/h6-8,13,16H,5,9-11H2,1-4H3;1-5H;1H3,(H,3,4). The Hall–Kier alpha value is -2.00. The molecule has 1 aliphatic rings. The summed E-state index contributed by atoms with van der Waals surface area (Å²) >= 11 is 11.4. The SMILES string of the molecule is CC(=O)O.CCC(CS(=O)C(C)(C)C)N1C(=O)COCC1c1ccc(Cl)cc1F.Clc1ccccc1. The van der Waals surface area contributed by atoms with Gasteiger partial charge in [0.15, 0.2) is 0 Å². The minimum absolute atomic E-state index is 0.0373. The predicted molar refractivity (Wildman–Crippen MR) is 143 cm³/mol. The number of carboxylic acids is 1. The molecule has 1 saturated heterocycles. The Kier molecular flexibility index (Phi) is 13.6. The summed E-state index contributed by atoms with van der Waals surface area (Å²) in [5.41, 5.74) is 0.373. The second-order valence-corrected chi connectivity index (χ2v) is 12.1. The molecule has 1 heterocycles. The van der Waals surface area contributed by atoms with Gasteiger partial charge in [0.1, 0.15) is 12.4 Å². The molecule has 2 aromatic carbocycles. The zero-order valence-electron chi connectivity index (χ0n) is 21.2. The van der Waals surface area contributed by atoms with E-state index in [4.69, 9.17) is 37.8 Å². The maximum absolute atomic E-state index is 14.4.